The van der Waals surface area contributed by atoms with Crippen molar-refractivity contribution in [3.8, 4) is 28.4 Å². The van der Waals surface area contributed by atoms with Crippen LogP contribution in [0.1, 0.15) is 23.2 Å². The number of nitrogens with zero attached hydrogens (tertiary/aromatic N) is 3. The average Bonchev–Trinajstić information content (AvgIpc) is 3.29. The standard InChI is InChI=1S/C24H27N3O4/c1-30-21-11-10-18(13-22(21)31-2)23-20(15-27(25-23)19-8-4-3-5-9-19)24(29)26-12-6-7-17(14-26)16-28/h3-5,8-11,13,15,17,28H,6-7,12,14,16H2,1-2H3. The van der Waals surface area contributed by atoms with Crippen molar-refractivity contribution >= 4 is 5.91 Å². The molecular formula is C24H27N3O4. The number of likely N-dealkylation sites (tertiary alicyclic amines) is 1. The lowest BCUT2D eigenvalue weighted by Crippen LogP contribution is -2.41. The Balaban J connectivity index is 1.78. The fourth-order valence-electron chi connectivity index (χ4n) is 4.01. The summed E-state index contributed by atoms with van der Waals surface area (Å²) in [6.45, 7) is 1.32. The first-order valence-corrected chi connectivity index (χ1v) is 10.4. The second-order valence-electron chi connectivity index (χ2n) is 7.68. The van der Waals surface area contributed by atoms with Crippen LogP contribution < -0.4 is 9.47 Å². The van der Waals surface area contributed by atoms with Gasteiger partial charge in [-0.2, -0.15) is 5.10 Å². The number of aromatic nitrogens is 2. The van der Waals surface area contributed by atoms with Crippen molar-refractivity contribution in [3.05, 3.63) is 60.3 Å². The summed E-state index contributed by atoms with van der Waals surface area (Å²) in [6, 6.07) is 15.2. The Morgan fingerprint density at radius 1 is 1.13 bits per heavy atom. The lowest BCUT2D eigenvalue weighted by molar-refractivity contribution is 0.0621. The van der Waals surface area contributed by atoms with Gasteiger partial charge in [0.2, 0.25) is 0 Å². The Labute approximate surface area is 181 Å². The number of aliphatic hydroxyl groups is 1. The van der Waals surface area contributed by atoms with Crippen LogP contribution in [0.2, 0.25) is 0 Å². The number of methoxy groups -OCH3 is 2. The highest BCUT2D eigenvalue weighted by Gasteiger charge is 2.28. The highest BCUT2D eigenvalue weighted by molar-refractivity contribution is 6.00. The molecule has 0 bridgehead atoms. The number of amides is 1. The summed E-state index contributed by atoms with van der Waals surface area (Å²) in [7, 11) is 3.17. The summed E-state index contributed by atoms with van der Waals surface area (Å²) < 4.78 is 12.5. The number of piperidine rings is 1. The molecule has 1 unspecified atom stereocenters. The van der Waals surface area contributed by atoms with Crippen LogP contribution in [0.3, 0.4) is 0 Å². The largest absolute Gasteiger partial charge is 0.493 e. The average molecular weight is 421 g/mol. The van der Waals surface area contributed by atoms with E-state index in [-0.39, 0.29) is 18.4 Å². The van der Waals surface area contributed by atoms with Crippen LogP contribution in [0.5, 0.6) is 11.5 Å². The molecule has 1 aliphatic rings. The lowest BCUT2D eigenvalue weighted by atomic mass is 9.98. The number of benzene rings is 2. The van der Waals surface area contributed by atoms with E-state index in [1.165, 1.54) is 0 Å². The minimum atomic E-state index is -0.0786. The van der Waals surface area contributed by atoms with Crippen molar-refractivity contribution in [1.29, 1.82) is 0 Å². The van der Waals surface area contributed by atoms with Gasteiger partial charge >= 0.3 is 0 Å². The van der Waals surface area contributed by atoms with E-state index in [4.69, 9.17) is 14.6 Å². The van der Waals surface area contributed by atoms with Crippen molar-refractivity contribution in [2.45, 2.75) is 12.8 Å². The van der Waals surface area contributed by atoms with Gasteiger partial charge in [-0.25, -0.2) is 4.68 Å². The van der Waals surface area contributed by atoms with Gasteiger partial charge in [0.1, 0.15) is 5.69 Å². The van der Waals surface area contributed by atoms with Crippen molar-refractivity contribution < 1.29 is 19.4 Å². The second-order valence-corrected chi connectivity index (χ2v) is 7.68. The molecule has 7 nitrogen and oxygen atoms in total. The maximum Gasteiger partial charge on any atom is 0.257 e. The summed E-state index contributed by atoms with van der Waals surface area (Å²) in [5.41, 5.74) is 2.75. The summed E-state index contributed by atoms with van der Waals surface area (Å²) in [4.78, 5) is 15.3. The van der Waals surface area contributed by atoms with Crippen molar-refractivity contribution in [2.75, 3.05) is 33.9 Å². The molecule has 1 aromatic heterocycles. The number of carbonyl (C=O) groups excluding carboxylic acids is 1. The van der Waals surface area contributed by atoms with Crippen LogP contribution in [-0.2, 0) is 0 Å². The van der Waals surface area contributed by atoms with Gasteiger partial charge in [-0.3, -0.25) is 4.79 Å². The number of para-hydroxylation sites is 1. The Hall–Kier alpha value is -3.32. The monoisotopic (exact) mass is 421 g/mol. The number of hydrogen-bond donors (Lipinski definition) is 1. The maximum absolute atomic E-state index is 13.5. The summed E-state index contributed by atoms with van der Waals surface area (Å²) in [6.07, 6.45) is 3.61. The molecule has 3 aromatic rings. The zero-order valence-electron chi connectivity index (χ0n) is 17.8. The van der Waals surface area contributed by atoms with Gasteiger partial charge in [0.25, 0.3) is 5.91 Å². The van der Waals surface area contributed by atoms with Gasteiger partial charge < -0.3 is 19.5 Å². The zero-order valence-corrected chi connectivity index (χ0v) is 17.8. The molecule has 0 saturated carbocycles. The minimum Gasteiger partial charge on any atom is -0.493 e. The molecule has 7 heteroatoms. The molecule has 1 N–H and O–H groups in total. The van der Waals surface area contributed by atoms with Crippen molar-refractivity contribution in [2.24, 2.45) is 5.92 Å². The van der Waals surface area contributed by atoms with Crippen LogP contribution >= 0.6 is 0 Å². The van der Waals surface area contributed by atoms with Crippen LogP contribution in [0.25, 0.3) is 16.9 Å². The number of hydrogen-bond acceptors (Lipinski definition) is 5. The van der Waals surface area contributed by atoms with E-state index in [0.717, 1.165) is 24.1 Å². The molecule has 1 fully saturated rings. The van der Waals surface area contributed by atoms with Gasteiger partial charge in [0, 0.05) is 31.5 Å². The van der Waals surface area contributed by atoms with E-state index in [1.807, 2.05) is 53.4 Å². The first-order chi connectivity index (χ1) is 15.1. The molecule has 0 radical (unpaired) electrons. The highest BCUT2D eigenvalue weighted by Crippen LogP contribution is 2.34. The Kier molecular flexibility index (Phi) is 6.23. The van der Waals surface area contributed by atoms with Crippen LogP contribution in [0.15, 0.2) is 54.7 Å². The van der Waals surface area contributed by atoms with Crippen LogP contribution in [0.4, 0.5) is 0 Å². The Morgan fingerprint density at radius 3 is 2.61 bits per heavy atom. The maximum atomic E-state index is 13.5. The molecule has 0 spiro atoms. The molecule has 1 amide bonds. The normalized spacial score (nSPS) is 16.2. The van der Waals surface area contributed by atoms with Gasteiger partial charge in [-0.05, 0) is 49.1 Å². The molecule has 162 valence electrons. The van der Waals surface area contributed by atoms with E-state index < -0.39 is 0 Å². The lowest BCUT2D eigenvalue weighted by Gasteiger charge is -2.31. The molecule has 1 atom stereocenters. The fraction of sp³-hybridized carbons (Fsp3) is 0.333. The van der Waals surface area contributed by atoms with E-state index in [2.05, 4.69) is 0 Å². The second kappa shape index (κ2) is 9.22. The molecule has 2 heterocycles. The third-order valence-corrected chi connectivity index (χ3v) is 5.69. The smallest absolute Gasteiger partial charge is 0.257 e. The molecule has 31 heavy (non-hydrogen) atoms. The molecule has 0 aliphatic carbocycles. The Morgan fingerprint density at radius 2 is 1.90 bits per heavy atom. The topological polar surface area (TPSA) is 76.8 Å². The summed E-state index contributed by atoms with van der Waals surface area (Å²) >= 11 is 0. The first-order valence-electron chi connectivity index (χ1n) is 10.4. The summed E-state index contributed by atoms with van der Waals surface area (Å²) in [5, 5.41) is 14.3. The number of carbonyl (C=O) groups is 1. The third-order valence-electron chi connectivity index (χ3n) is 5.69. The first kappa shape index (κ1) is 20.9. The summed E-state index contributed by atoms with van der Waals surface area (Å²) in [5.74, 6) is 1.23. The van der Waals surface area contributed by atoms with Gasteiger partial charge in [-0.15, -0.1) is 0 Å². The number of aliphatic hydroxyl groups excluding tert-OH is 1. The third kappa shape index (κ3) is 4.27. The predicted octanol–water partition coefficient (Wildman–Crippen LogP) is 3.40. The SMILES string of the molecule is COc1ccc(-c2nn(-c3ccccc3)cc2C(=O)N2CCCC(CO)C2)cc1OC. The fourth-order valence-corrected chi connectivity index (χ4v) is 4.01. The van der Waals surface area contributed by atoms with Gasteiger partial charge in [-0.1, -0.05) is 18.2 Å². The highest BCUT2D eigenvalue weighted by atomic mass is 16.5. The van der Waals surface area contributed by atoms with Crippen molar-refractivity contribution in [3.63, 3.8) is 0 Å². The van der Waals surface area contributed by atoms with Crippen molar-refractivity contribution in [1.82, 2.24) is 14.7 Å². The molecule has 4 rings (SSSR count). The van der Waals surface area contributed by atoms with Gasteiger partial charge in [0.15, 0.2) is 11.5 Å². The van der Waals surface area contributed by atoms with E-state index in [1.54, 1.807) is 25.1 Å². The minimum absolute atomic E-state index is 0.0786. The molecule has 1 saturated heterocycles. The number of ether oxygens (including phenoxy) is 2. The predicted molar refractivity (Wildman–Crippen MR) is 118 cm³/mol. The molecular weight excluding hydrogens is 394 g/mol. The number of rotatable bonds is 6. The molecule has 1 aliphatic heterocycles. The zero-order chi connectivity index (χ0) is 21.8. The van der Waals surface area contributed by atoms with Crippen LogP contribution in [-0.4, -0.2) is 59.6 Å². The quantitative estimate of drug-likeness (QED) is 0.660. The van der Waals surface area contributed by atoms with Crippen LogP contribution in [0, 0.1) is 5.92 Å². The van der Waals surface area contributed by atoms with E-state index >= 15 is 0 Å². The van der Waals surface area contributed by atoms with E-state index in [9.17, 15) is 9.90 Å². The Bertz CT molecular complexity index is 1050. The van der Waals surface area contributed by atoms with Gasteiger partial charge in [0.05, 0.1) is 25.5 Å². The van der Waals surface area contributed by atoms with E-state index in [0.29, 0.717) is 35.8 Å². The molecule has 2 aromatic carbocycles.